The van der Waals surface area contributed by atoms with Gasteiger partial charge in [-0.3, -0.25) is 0 Å². The summed E-state index contributed by atoms with van der Waals surface area (Å²) in [5.74, 6) is 0.776. The summed E-state index contributed by atoms with van der Waals surface area (Å²) in [6.45, 7) is 2.12. The van der Waals surface area contributed by atoms with Gasteiger partial charge in [0, 0.05) is 18.0 Å². The molecule has 92 valence electrons. The Morgan fingerprint density at radius 1 is 0.684 bits per heavy atom. The molecule has 2 nitrogen and oxygen atoms in total. The lowest BCUT2D eigenvalue weighted by Crippen LogP contribution is -1.92. The molecule has 0 atom stereocenters. The number of rotatable bonds is 2. The molecule has 0 radical (unpaired) electrons. The van der Waals surface area contributed by atoms with Crippen LogP contribution in [0.2, 0.25) is 0 Å². The van der Waals surface area contributed by atoms with Gasteiger partial charge in [0.15, 0.2) is 5.82 Å². The Labute approximate surface area is 112 Å². The monoisotopic (exact) mass is 246 g/mol. The number of benzene rings is 2. The summed E-state index contributed by atoms with van der Waals surface area (Å²) in [5.41, 5.74) is 4.74. The molecule has 3 aromatic rings. The summed E-state index contributed by atoms with van der Waals surface area (Å²) in [4.78, 5) is 8.67. The van der Waals surface area contributed by atoms with Crippen molar-refractivity contribution < 1.29 is 0 Å². The van der Waals surface area contributed by atoms with Crippen molar-refractivity contribution >= 4 is 0 Å². The Morgan fingerprint density at radius 2 is 1.37 bits per heavy atom. The standard InChI is InChI=1S/C17H14N2/c1-13-15(14-7-3-2-4-8-14)9-5-10-16(13)17-18-11-6-12-19-17/h2-12H,1H3. The van der Waals surface area contributed by atoms with Crippen molar-refractivity contribution in [3.63, 3.8) is 0 Å². The fourth-order valence-electron chi connectivity index (χ4n) is 2.25. The van der Waals surface area contributed by atoms with Crippen LogP contribution in [0.3, 0.4) is 0 Å². The Morgan fingerprint density at radius 3 is 2.11 bits per heavy atom. The Bertz CT molecular complexity index is 618. The van der Waals surface area contributed by atoms with E-state index in [1.165, 1.54) is 16.7 Å². The average Bonchev–Trinajstić information content (AvgIpc) is 2.49. The molecule has 0 aliphatic carbocycles. The predicted molar refractivity (Wildman–Crippen MR) is 77.6 cm³/mol. The van der Waals surface area contributed by atoms with E-state index < -0.39 is 0 Å². The first kappa shape index (κ1) is 11.6. The van der Waals surface area contributed by atoms with E-state index in [9.17, 15) is 0 Å². The van der Waals surface area contributed by atoms with Gasteiger partial charge >= 0.3 is 0 Å². The first-order valence-electron chi connectivity index (χ1n) is 6.28. The van der Waals surface area contributed by atoms with Crippen LogP contribution in [0, 0.1) is 6.92 Å². The van der Waals surface area contributed by atoms with Gasteiger partial charge in [-0.1, -0.05) is 48.5 Å². The van der Waals surface area contributed by atoms with Crippen molar-refractivity contribution in [2.75, 3.05) is 0 Å². The number of hydrogen-bond acceptors (Lipinski definition) is 2. The molecule has 0 fully saturated rings. The second kappa shape index (κ2) is 5.02. The van der Waals surface area contributed by atoms with Crippen LogP contribution in [-0.2, 0) is 0 Å². The van der Waals surface area contributed by atoms with E-state index in [1.54, 1.807) is 12.4 Å². The molecular formula is C17H14N2. The van der Waals surface area contributed by atoms with E-state index in [1.807, 2.05) is 12.1 Å². The predicted octanol–water partition coefficient (Wildman–Crippen LogP) is 4.12. The molecule has 1 aromatic heterocycles. The lowest BCUT2D eigenvalue weighted by atomic mass is 9.96. The molecule has 3 rings (SSSR count). The van der Waals surface area contributed by atoms with E-state index in [4.69, 9.17) is 0 Å². The Hall–Kier alpha value is -2.48. The van der Waals surface area contributed by atoms with Crippen molar-refractivity contribution in [2.24, 2.45) is 0 Å². The topological polar surface area (TPSA) is 25.8 Å². The van der Waals surface area contributed by atoms with Crippen molar-refractivity contribution in [3.05, 3.63) is 72.6 Å². The third-order valence-electron chi connectivity index (χ3n) is 3.23. The Balaban J connectivity index is 2.15. The molecule has 2 aromatic carbocycles. The zero-order valence-corrected chi connectivity index (χ0v) is 10.7. The molecule has 0 saturated heterocycles. The minimum absolute atomic E-state index is 0.776. The van der Waals surface area contributed by atoms with Crippen LogP contribution in [-0.4, -0.2) is 9.97 Å². The third kappa shape index (κ3) is 2.25. The molecule has 0 aliphatic heterocycles. The highest BCUT2D eigenvalue weighted by atomic mass is 14.8. The smallest absolute Gasteiger partial charge is 0.159 e. The highest BCUT2D eigenvalue weighted by Gasteiger charge is 2.08. The van der Waals surface area contributed by atoms with Gasteiger partial charge in [0.1, 0.15) is 0 Å². The van der Waals surface area contributed by atoms with Crippen LogP contribution < -0.4 is 0 Å². The molecule has 0 saturated carbocycles. The van der Waals surface area contributed by atoms with Gasteiger partial charge in [-0.15, -0.1) is 0 Å². The van der Waals surface area contributed by atoms with Gasteiger partial charge in [0.25, 0.3) is 0 Å². The van der Waals surface area contributed by atoms with Gasteiger partial charge in [0.2, 0.25) is 0 Å². The van der Waals surface area contributed by atoms with Gasteiger partial charge in [-0.05, 0) is 29.7 Å². The molecule has 0 amide bonds. The van der Waals surface area contributed by atoms with Crippen LogP contribution in [0.1, 0.15) is 5.56 Å². The van der Waals surface area contributed by atoms with Crippen LogP contribution in [0.15, 0.2) is 67.0 Å². The lowest BCUT2D eigenvalue weighted by Gasteiger charge is -2.10. The van der Waals surface area contributed by atoms with Gasteiger partial charge in [0.05, 0.1) is 0 Å². The minimum Gasteiger partial charge on any atom is -0.237 e. The molecule has 0 unspecified atom stereocenters. The zero-order chi connectivity index (χ0) is 13.1. The van der Waals surface area contributed by atoms with Crippen LogP contribution in [0.4, 0.5) is 0 Å². The molecule has 0 N–H and O–H groups in total. The lowest BCUT2D eigenvalue weighted by molar-refractivity contribution is 1.17. The number of aromatic nitrogens is 2. The molecule has 0 aliphatic rings. The summed E-state index contributed by atoms with van der Waals surface area (Å²) >= 11 is 0. The van der Waals surface area contributed by atoms with Crippen molar-refractivity contribution in [1.29, 1.82) is 0 Å². The summed E-state index contributed by atoms with van der Waals surface area (Å²) < 4.78 is 0. The molecule has 1 heterocycles. The molecule has 0 bridgehead atoms. The summed E-state index contributed by atoms with van der Waals surface area (Å²) in [5, 5.41) is 0. The Kier molecular flexibility index (Phi) is 3.07. The average molecular weight is 246 g/mol. The molecule has 0 spiro atoms. The first-order valence-corrected chi connectivity index (χ1v) is 6.28. The molecule has 2 heteroatoms. The highest BCUT2D eigenvalue weighted by molar-refractivity contribution is 5.75. The summed E-state index contributed by atoms with van der Waals surface area (Å²) in [7, 11) is 0. The molecule has 19 heavy (non-hydrogen) atoms. The maximum Gasteiger partial charge on any atom is 0.159 e. The number of nitrogens with zero attached hydrogens (tertiary/aromatic N) is 2. The fourth-order valence-corrected chi connectivity index (χ4v) is 2.25. The van der Waals surface area contributed by atoms with E-state index in [2.05, 4.69) is 59.4 Å². The maximum atomic E-state index is 4.33. The van der Waals surface area contributed by atoms with Crippen LogP contribution in [0.5, 0.6) is 0 Å². The maximum absolute atomic E-state index is 4.33. The number of hydrogen-bond donors (Lipinski definition) is 0. The van der Waals surface area contributed by atoms with E-state index in [0.717, 1.165) is 11.4 Å². The van der Waals surface area contributed by atoms with Gasteiger partial charge in [-0.2, -0.15) is 0 Å². The highest BCUT2D eigenvalue weighted by Crippen LogP contribution is 2.29. The van der Waals surface area contributed by atoms with Crippen molar-refractivity contribution in [2.45, 2.75) is 6.92 Å². The normalized spacial score (nSPS) is 10.4. The zero-order valence-electron chi connectivity index (χ0n) is 10.7. The fraction of sp³-hybridized carbons (Fsp3) is 0.0588. The first-order chi connectivity index (χ1) is 9.36. The quantitative estimate of drug-likeness (QED) is 0.679. The minimum atomic E-state index is 0.776. The van der Waals surface area contributed by atoms with Crippen LogP contribution >= 0.6 is 0 Å². The SMILES string of the molecule is Cc1c(-c2ccccc2)cccc1-c1ncccn1. The van der Waals surface area contributed by atoms with E-state index in [0.29, 0.717) is 0 Å². The van der Waals surface area contributed by atoms with Gasteiger partial charge < -0.3 is 0 Å². The van der Waals surface area contributed by atoms with E-state index in [-0.39, 0.29) is 0 Å². The molecular weight excluding hydrogens is 232 g/mol. The van der Waals surface area contributed by atoms with Crippen molar-refractivity contribution in [1.82, 2.24) is 9.97 Å². The second-order valence-corrected chi connectivity index (χ2v) is 4.42. The van der Waals surface area contributed by atoms with Crippen LogP contribution in [0.25, 0.3) is 22.5 Å². The largest absolute Gasteiger partial charge is 0.237 e. The van der Waals surface area contributed by atoms with Crippen molar-refractivity contribution in [3.8, 4) is 22.5 Å². The second-order valence-electron chi connectivity index (χ2n) is 4.42. The van der Waals surface area contributed by atoms with Gasteiger partial charge in [-0.25, -0.2) is 9.97 Å². The van der Waals surface area contributed by atoms with E-state index >= 15 is 0 Å². The summed E-state index contributed by atoms with van der Waals surface area (Å²) in [6, 6.07) is 18.5. The third-order valence-corrected chi connectivity index (χ3v) is 3.23. The summed E-state index contributed by atoms with van der Waals surface area (Å²) in [6.07, 6.45) is 3.55.